The molecule has 0 radical (unpaired) electrons. The van der Waals surface area contributed by atoms with Gasteiger partial charge in [0.25, 0.3) is 5.91 Å². The van der Waals surface area contributed by atoms with E-state index < -0.39 is 5.41 Å². The predicted octanol–water partition coefficient (Wildman–Crippen LogP) is 3.80. The predicted molar refractivity (Wildman–Crippen MR) is 105 cm³/mol. The van der Waals surface area contributed by atoms with Crippen molar-refractivity contribution in [3.8, 4) is 0 Å². The monoisotopic (exact) mass is 355 g/mol. The SMILES string of the molecule is CC(C)(C)C(=O)Nc1cccc(NC(=S)NC(=O)c2ccccc2)c1. The summed E-state index contributed by atoms with van der Waals surface area (Å²) < 4.78 is 0. The Hall–Kier alpha value is -2.73. The van der Waals surface area contributed by atoms with E-state index in [2.05, 4.69) is 16.0 Å². The molecular weight excluding hydrogens is 334 g/mol. The molecule has 0 heterocycles. The van der Waals surface area contributed by atoms with Crippen LogP contribution in [0.25, 0.3) is 0 Å². The lowest BCUT2D eigenvalue weighted by molar-refractivity contribution is -0.123. The summed E-state index contributed by atoms with van der Waals surface area (Å²) in [6, 6.07) is 16.0. The molecule has 0 aliphatic rings. The molecule has 25 heavy (non-hydrogen) atoms. The maximum atomic E-state index is 12.1. The van der Waals surface area contributed by atoms with Crippen LogP contribution in [0.5, 0.6) is 0 Å². The molecule has 0 unspecified atom stereocenters. The topological polar surface area (TPSA) is 70.2 Å². The molecule has 2 rings (SSSR count). The number of thiocarbonyl (C=S) groups is 1. The number of carbonyl (C=O) groups is 2. The minimum Gasteiger partial charge on any atom is -0.332 e. The van der Waals surface area contributed by atoms with Crippen molar-refractivity contribution in [2.45, 2.75) is 20.8 Å². The second-order valence-corrected chi connectivity index (χ2v) is 6.97. The van der Waals surface area contributed by atoms with E-state index in [9.17, 15) is 9.59 Å². The summed E-state index contributed by atoms with van der Waals surface area (Å²) in [5.41, 5.74) is 1.37. The van der Waals surface area contributed by atoms with Gasteiger partial charge in [-0.25, -0.2) is 0 Å². The number of benzene rings is 2. The summed E-state index contributed by atoms with van der Waals surface area (Å²) >= 11 is 5.17. The average molecular weight is 355 g/mol. The van der Waals surface area contributed by atoms with Crippen LogP contribution in [0.4, 0.5) is 11.4 Å². The van der Waals surface area contributed by atoms with Gasteiger partial charge < -0.3 is 10.6 Å². The first-order chi connectivity index (χ1) is 11.8. The highest BCUT2D eigenvalue weighted by Crippen LogP contribution is 2.20. The number of nitrogens with one attached hydrogen (secondary N) is 3. The van der Waals surface area contributed by atoms with E-state index in [0.717, 1.165) is 0 Å². The maximum absolute atomic E-state index is 12.1. The largest absolute Gasteiger partial charge is 0.332 e. The highest BCUT2D eigenvalue weighted by atomic mass is 32.1. The third kappa shape index (κ3) is 5.69. The number of amides is 2. The van der Waals surface area contributed by atoms with Gasteiger partial charge in [0.1, 0.15) is 0 Å². The Labute approximate surface area is 152 Å². The van der Waals surface area contributed by atoms with Crippen molar-refractivity contribution in [2.24, 2.45) is 5.41 Å². The lowest BCUT2D eigenvalue weighted by Crippen LogP contribution is -2.34. The van der Waals surface area contributed by atoms with Gasteiger partial charge in [-0.1, -0.05) is 45.0 Å². The first-order valence-corrected chi connectivity index (χ1v) is 8.25. The minimum absolute atomic E-state index is 0.0791. The number of rotatable bonds is 3. The summed E-state index contributed by atoms with van der Waals surface area (Å²) in [6.07, 6.45) is 0. The molecule has 5 nitrogen and oxygen atoms in total. The van der Waals surface area contributed by atoms with Crippen LogP contribution in [0.2, 0.25) is 0 Å². The minimum atomic E-state index is -0.484. The van der Waals surface area contributed by atoms with Crippen molar-refractivity contribution < 1.29 is 9.59 Å². The normalized spacial score (nSPS) is 10.7. The van der Waals surface area contributed by atoms with E-state index in [1.807, 2.05) is 26.8 Å². The van der Waals surface area contributed by atoms with Crippen LogP contribution >= 0.6 is 12.2 Å². The van der Waals surface area contributed by atoms with Crippen LogP contribution in [0.15, 0.2) is 54.6 Å². The van der Waals surface area contributed by atoms with E-state index in [1.54, 1.807) is 48.5 Å². The molecule has 0 saturated heterocycles. The van der Waals surface area contributed by atoms with Gasteiger partial charge in [0.2, 0.25) is 5.91 Å². The van der Waals surface area contributed by atoms with Crippen LogP contribution in [0, 0.1) is 5.41 Å². The van der Waals surface area contributed by atoms with Gasteiger partial charge >= 0.3 is 0 Å². The molecule has 0 fully saturated rings. The molecule has 2 aromatic carbocycles. The highest BCUT2D eigenvalue weighted by molar-refractivity contribution is 7.80. The first kappa shape index (κ1) is 18.6. The summed E-state index contributed by atoms with van der Waals surface area (Å²) in [5, 5.41) is 8.61. The van der Waals surface area contributed by atoms with Gasteiger partial charge in [0.15, 0.2) is 5.11 Å². The molecule has 2 aromatic rings. The Kier molecular flexibility index (Phi) is 5.88. The molecule has 0 aliphatic heterocycles. The molecule has 0 spiro atoms. The molecule has 0 bridgehead atoms. The molecule has 0 aliphatic carbocycles. The van der Waals surface area contributed by atoms with E-state index in [4.69, 9.17) is 12.2 Å². The standard InChI is InChI=1S/C19H21N3O2S/c1-19(2,3)17(24)20-14-10-7-11-15(12-14)21-18(25)22-16(23)13-8-5-4-6-9-13/h4-12H,1-3H3,(H,20,24)(H2,21,22,23,25). The maximum Gasteiger partial charge on any atom is 0.257 e. The number of hydrogen-bond acceptors (Lipinski definition) is 3. The fraction of sp³-hybridized carbons (Fsp3) is 0.211. The Bertz CT molecular complexity index is 783. The van der Waals surface area contributed by atoms with Gasteiger partial charge in [0.05, 0.1) is 0 Å². The first-order valence-electron chi connectivity index (χ1n) is 7.84. The lowest BCUT2D eigenvalue weighted by atomic mass is 9.95. The van der Waals surface area contributed by atoms with Crippen LogP contribution in [0.3, 0.4) is 0 Å². The van der Waals surface area contributed by atoms with Crippen LogP contribution in [-0.2, 0) is 4.79 Å². The fourth-order valence-electron chi connectivity index (χ4n) is 1.92. The highest BCUT2D eigenvalue weighted by Gasteiger charge is 2.21. The summed E-state index contributed by atoms with van der Waals surface area (Å²) in [6.45, 7) is 5.54. The van der Waals surface area contributed by atoms with E-state index >= 15 is 0 Å². The van der Waals surface area contributed by atoms with Gasteiger partial charge in [-0.2, -0.15) is 0 Å². The van der Waals surface area contributed by atoms with Crippen molar-refractivity contribution in [1.82, 2.24) is 5.32 Å². The number of carbonyl (C=O) groups excluding carboxylic acids is 2. The van der Waals surface area contributed by atoms with Gasteiger partial charge in [-0.05, 0) is 42.5 Å². The third-order valence-corrected chi connectivity index (χ3v) is 3.53. The summed E-state index contributed by atoms with van der Waals surface area (Å²) in [7, 11) is 0. The van der Waals surface area contributed by atoms with Crippen molar-refractivity contribution in [3.63, 3.8) is 0 Å². The number of hydrogen-bond donors (Lipinski definition) is 3. The zero-order valence-electron chi connectivity index (χ0n) is 14.4. The second-order valence-electron chi connectivity index (χ2n) is 6.56. The van der Waals surface area contributed by atoms with Gasteiger partial charge in [-0.15, -0.1) is 0 Å². The van der Waals surface area contributed by atoms with Crippen molar-refractivity contribution in [3.05, 3.63) is 60.2 Å². The van der Waals surface area contributed by atoms with E-state index in [-0.39, 0.29) is 16.9 Å². The van der Waals surface area contributed by atoms with Gasteiger partial charge in [0, 0.05) is 22.4 Å². The van der Waals surface area contributed by atoms with Crippen molar-refractivity contribution in [1.29, 1.82) is 0 Å². The lowest BCUT2D eigenvalue weighted by Gasteiger charge is -2.18. The molecule has 0 saturated carbocycles. The van der Waals surface area contributed by atoms with Crippen molar-refractivity contribution >= 4 is 40.5 Å². The molecule has 0 aromatic heterocycles. The Morgan fingerprint density at radius 1 is 0.880 bits per heavy atom. The molecule has 130 valence electrons. The summed E-state index contributed by atoms with van der Waals surface area (Å²) in [5.74, 6) is -0.361. The molecule has 3 N–H and O–H groups in total. The average Bonchev–Trinajstić information content (AvgIpc) is 2.55. The van der Waals surface area contributed by atoms with Crippen LogP contribution in [-0.4, -0.2) is 16.9 Å². The zero-order valence-corrected chi connectivity index (χ0v) is 15.2. The van der Waals surface area contributed by atoms with E-state index in [0.29, 0.717) is 16.9 Å². The molecule has 0 atom stereocenters. The molecule has 6 heteroatoms. The van der Waals surface area contributed by atoms with Gasteiger partial charge in [-0.3, -0.25) is 14.9 Å². The molecule has 2 amide bonds. The van der Waals surface area contributed by atoms with E-state index in [1.165, 1.54) is 0 Å². The Morgan fingerprint density at radius 2 is 1.48 bits per heavy atom. The number of anilines is 2. The van der Waals surface area contributed by atoms with Crippen LogP contribution < -0.4 is 16.0 Å². The van der Waals surface area contributed by atoms with Crippen LogP contribution in [0.1, 0.15) is 31.1 Å². The third-order valence-electron chi connectivity index (χ3n) is 3.32. The Balaban J connectivity index is 1.98. The van der Waals surface area contributed by atoms with Crippen molar-refractivity contribution in [2.75, 3.05) is 10.6 Å². The Morgan fingerprint density at radius 3 is 2.08 bits per heavy atom. The second kappa shape index (κ2) is 7.90. The smallest absolute Gasteiger partial charge is 0.257 e. The zero-order chi connectivity index (χ0) is 18.4. The summed E-state index contributed by atoms with van der Waals surface area (Å²) in [4.78, 5) is 24.1. The molecular formula is C19H21N3O2S. The quantitative estimate of drug-likeness (QED) is 0.733. The fourth-order valence-corrected chi connectivity index (χ4v) is 2.13.